The van der Waals surface area contributed by atoms with Crippen LogP contribution >= 0.6 is 23.5 Å². The lowest BCUT2D eigenvalue weighted by molar-refractivity contribution is 1.20. The van der Waals surface area contributed by atoms with Crippen molar-refractivity contribution in [3.05, 3.63) is 23.3 Å². The second-order valence-electron chi connectivity index (χ2n) is 2.61. The van der Waals surface area contributed by atoms with Crippen LogP contribution in [0.4, 0.5) is 0 Å². The van der Waals surface area contributed by atoms with Crippen molar-refractivity contribution in [1.29, 1.82) is 0 Å². The molecule has 0 atom stereocenters. The fourth-order valence-electron chi connectivity index (χ4n) is 1.51. The summed E-state index contributed by atoms with van der Waals surface area (Å²) in [7, 11) is 0. The van der Waals surface area contributed by atoms with Crippen molar-refractivity contribution in [2.45, 2.75) is 21.3 Å². The molecule has 1 aromatic carbocycles. The van der Waals surface area contributed by atoms with Crippen molar-refractivity contribution in [3.8, 4) is 0 Å². The Morgan fingerprint density at radius 3 is 3.00 bits per heavy atom. The molecule has 0 spiro atoms. The summed E-state index contributed by atoms with van der Waals surface area (Å²) in [6, 6.07) is 4.56. The van der Waals surface area contributed by atoms with E-state index in [2.05, 4.69) is 12.1 Å². The molecule has 1 aromatic rings. The van der Waals surface area contributed by atoms with Gasteiger partial charge in [0.15, 0.2) is 0 Å². The van der Waals surface area contributed by atoms with Gasteiger partial charge in [-0.3, -0.25) is 0 Å². The molecule has 0 fully saturated rings. The average Bonchev–Trinajstić information content (AvgIpc) is 2.36. The number of hydrogen-bond donors (Lipinski definition) is 0. The van der Waals surface area contributed by atoms with Crippen LogP contribution in [0.1, 0.15) is 11.1 Å². The second-order valence-corrected chi connectivity index (χ2v) is 4.61. The molecule has 4 bridgehead atoms. The molecule has 2 heteroatoms. The number of thioether (sulfide) groups is 2. The van der Waals surface area contributed by atoms with Crippen molar-refractivity contribution in [2.75, 3.05) is 0 Å². The number of hydrogen-bond acceptors (Lipinski definition) is 2. The molecular weight excluding hydrogens is 160 g/mol. The molecule has 3 rings (SSSR count). The second kappa shape index (κ2) is 1.74. The largest absolute Gasteiger partial charge is 0.120 e. The van der Waals surface area contributed by atoms with Gasteiger partial charge in [-0.1, -0.05) is 6.07 Å². The van der Waals surface area contributed by atoms with Gasteiger partial charge in [-0.2, -0.15) is 0 Å². The van der Waals surface area contributed by atoms with Crippen molar-refractivity contribution < 1.29 is 0 Å². The van der Waals surface area contributed by atoms with Crippen molar-refractivity contribution in [1.82, 2.24) is 0 Å². The van der Waals surface area contributed by atoms with Crippen LogP contribution in [0.2, 0.25) is 0 Å². The van der Waals surface area contributed by atoms with Gasteiger partial charge in [-0.15, -0.1) is 23.5 Å². The van der Waals surface area contributed by atoms with Crippen LogP contribution in [-0.2, 0) is 11.5 Å². The maximum atomic E-state index is 2.29. The first-order valence-corrected chi connectivity index (χ1v) is 5.32. The molecule has 0 amide bonds. The normalized spacial score (nSPS) is 18.4. The first-order valence-electron chi connectivity index (χ1n) is 3.35. The maximum absolute atomic E-state index is 2.29. The van der Waals surface area contributed by atoms with Gasteiger partial charge in [0, 0.05) is 21.3 Å². The predicted octanol–water partition coefficient (Wildman–Crippen LogP) is 2.90. The average molecular weight is 166 g/mol. The third-order valence-corrected chi connectivity index (χ3v) is 4.49. The zero-order valence-electron chi connectivity index (χ0n) is 5.39. The smallest absolute Gasteiger partial charge is 0.0255 e. The van der Waals surface area contributed by atoms with Crippen molar-refractivity contribution in [3.63, 3.8) is 0 Å². The fraction of sp³-hybridized carbons (Fsp3) is 0.250. The molecule has 0 N–H and O–H groups in total. The monoisotopic (exact) mass is 166 g/mol. The van der Waals surface area contributed by atoms with Crippen LogP contribution < -0.4 is 0 Å². The summed E-state index contributed by atoms with van der Waals surface area (Å²) in [5.41, 5.74) is 3.21. The Labute approximate surface area is 68.4 Å². The van der Waals surface area contributed by atoms with Gasteiger partial charge < -0.3 is 0 Å². The highest BCUT2D eigenvalue weighted by molar-refractivity contribution is 8.02. The molecule has 2 aliphatic heterocycles. The molecule has 2 heterocycles. The van der Waals surface area contributed by atoms with Crippen molar-refractivity contribution in [2.24, 2.45) is 0 Å². The van der Waals surface area contributed by atoms with Crippen LogP contribution in [0, 0.1) is 0 Å². The molecular formula is C8H6S2. The van der Waals surface area contributed by atoms with Gasteiger partial charge in [0.1, 0.15) is 0 Å². The standard InChI is InChI=1S/C8H6S2/c1-2-7-8-6(4-9-7)5(1)3-10-8/h1-2H,3-4H2. The Bertz CT molecular complexity index is 273. The minimum absolute atomic E-state index is 1.23. The van der Waals surface area contributed by atoms with Gasteiger partial charge in [-0.05, 0) is 17.2 Å². The van der Waals surface area contributed by atoms with E-state index < -0.39 is 0 Å². The summed E-state index contributed by atoms with van der Waals surface area (Å²) < 4.78 is 0. The van der Waals surface area contributed by atoms with Crippen LogP contribution in [0.25, 0.3) is 0 Å². The van der Waals surface area contributed by atoms with Gasteiger partial charge in [0.2, 0.25) is 0 Å². The van der Waals surface area contributed by atoms with Crippen LogP contribution in [-0.4, -0.2) is 0 Å². The first-order chi connectivity index (χ1) is 4.95. The lowest BCUT2D eigenvalue weighted by Crippen LogP contribution is -1.77. The van der Waals surface area contributed by atoms with Gasteiger partial charge in [0.05, 0.1) is 0 Å². The molecule has 0 saturated carbocycles. The predicted molar refractivity (Wildman–Crippen MR) is 45.6 cm³/mol. The van der Waals surface area contributed by atoms with E-state index in [1.54, 1.807) is 16.0 Å². The van der Waals surface area contributed by atoms with E-state index in [0.717, 1.165) is 0 Å². The molecule has 0 radical (unpaired) electrons. The topological polar surface area (TPSA) is 0 Å². The number of rotatable bonds is 0. The minimum Gasteiger partial charge on any atom is -0.120 e. The van der Waals surface area contributed by atoms with Gasteiger partial charge >= 0.3 is 0 Å². The van der Waals surface area contributed by atoms with Crippen LogP contribution in [0.5, 0.6) is 0 Å². The zero-order chi connectivity index (χ0) is 6.55. The number of benzene rings is 1. The molecule has 0 nitrogen and oxygen atoms in total. The van der Waals surface area contributed by atoms with E-state index in [0.29, 0.717) is 0 Å². The zero-order valence-corrected chi connectivity index (χ0v) is 7.02. The van der Waals surface area contributed by atoms with Gasteiger partial charge in [-0.25, -0.2) is 0 Å². The third kappa shape index (κ3) is 0.523. The Morgan fingerprint density at radius 2 is 2.10 bits per heavy atom. The van der Waals surface area contributed by atoms with Crippen molar-refractivity contribution >= 4 is 23.5 Å². The Morgan fingerprint density at radius 1 is 1.10 bits per heavy atom. The summed E-state index contributed by atoms with van der Waals surface area (Å²) in [4.78, 5) is 3.10. The molecule has 0 aromatic heterocycles. The Kier molecular flexibility index (Phi) is 0.968. The van der Waals surface area contributed by atoms with E-state index in [1.807, 2.05) is 23.5 Å². The maximum Gasteiger partial charge on any atom is 0.0255 e. The Balaban J connectivity index is 2.45. The van der Waals surface area contributed by atoms with E-state index in [9.17, 15) is 0 Å². The van der Waals surface area contributed by atoms with E-state index in [4.69, 9.17) is 0 Å². The lowest BCUT2D eigenvalue weighted by atomic mass is 10.1. The quantitative estimate of drug-likeness (QED) is 0.581. The lowest BCUT2D eigenvalue weighted by Gasteiger charge is -1.90. The molecule has 0 saturated heterocycles. The molecule has 10 heavy (non-hydrogen) atoms. The fourth-order valence-corrected chi connectivity index (χ4v) is 4.16. The summed E-state index contributed by atoms with van der Waals surface area (Å²) in [5.74, 6) is 2.46. The molecule has 0 aliphatic carbocycles. The molecule has 2 aliphatic rings. The van der Waals surface area contributed by atoms with Crippen LogP contribution in [0.3, 0.4) is 0 Å². The van der Waals surface area contributed by atoms with E-state index >= 15 is 0 Å². The highest BCUT2D eigenvalue weighted by atomic mass is 32.2. The summed E-state index contributed by atoms with van der Waals surface area (Å²) in [6.45, 7) is 0. The van der Waals surface area contributed by atoms with Crippen LogP contribution in [0.15, 0.2) is 21.9 Å². The third-order valence-electron chi connectivity index (χ3n) is 2.07. The SMILES string of the molecule is c1cc2c3c(c1CS3)CS2. The summed E-state index contributed by atoms with van der Waals surface area (Å²) >= 11 is 4.00. The molecule has 0 unspecified atom stereocenters. The van der Waals surface area contributed by atoms with Gasteiger partial charge in [0.25, 0.3) is 0 Å². The first kappa shape index (κ1) is 5.56. The summed E-state index contributed by atoms with van der Waals surface area (Å²) in [5, 5.41) is 0. The molecule has 50 valence electrons. The van der Waals surface area contributed by atoms with E-state index in [1.165, 1.54) is 16.4 Å². The minimum atomic E-state index is 1.23. The summed E-state index contributed by atoms with van der Waals surface area (Å²) in [6.07, 6.45) is 0. The highest BCUT2D eigenvalue weighted by Crippen LogP contribution is 2.50. The Hall–Kier alpha value is -0.0800. The van der Waals surface area contributed by atoms with E-state index in [-0.39, 0.29) is 0 Å². The highest BCUT2D eigenvalue weighted by Gasteiger charge is 2.25.